The Morgan fingerprint density at radius 2 is 1.96 bits per heavy atom. The first-order valence-electron chi connectivity index (χ1n) is 9.71. The Kier molecular flexibility index (Phi) is 4.17. The monoisotopic (exact) mass is 386 g/mol. The number of para-hydroxylation sites is 1. The van der Waals surface area contributed by atoms with E-state index in [4.69, 9.17) is 9.47 Å². The zero-order valence-electron chi connectivity index (χ0n) is 16.7. The number of fused-ring (bicyclic) bond motifs is 1. The molecule has 2 heterocycles. The summed E-state index contributed by atoms with van der Waals surface area (Å²) in [4.78, 5) is 39.3. The molecule has 0 bridgehead atoms. The van der Waals surface area contributed by atoms with Crippen molar-refractivity contribution in [3.05, 3.63) is 29.8 Å². The molecule has 150 valence electrons. The third-order valence-corrected chi connectivity index (χ3v) is 6.02. The van der Waals surface area contributed by atoms with Gasteiger partial charge >= 0.3 is 12.1 Å². The van der Waals surface area contributed by atoms with Crippen molar-refractivity contribution in [2.75, 3.05) is 11.9 Å². The lowest BCUT2D eigenvalue weighted by atomic mass is 9.67. The molecule has 2 fully saturated rings. The molecule has 0 radical (unpaired) electrons. The summed E-state index contributed by atoms with van der Waals surface area (Å²) in [6, 6.07) is 7.27. The lowest BCUT2D eigenvalue weighted by Gasteiger charge is -2.41. The quantitative estimate of drug-likeness (QED) is 0.750. The number of nitrogens with one attached hydrogen (secondary N) is 1. The number of likely N-dealkylation sites (tertiary alicyclic amines) is 1. The molecule has 1 spiro atoms. The summed E-state index contributed by atoms with van der Waals surface area (Å²) in [5.74, 6) is -0.850. The lowest BCUT2D eigenvalue weighted by molar-refractivity contribution is -0.148. The predicted molar refractivity (Wildman–Crippen MR) is 102 cm³/mol. The van der Waals surface area contributed by atoms with Gasteiger partial charge in [0.15, 0.2) is 0 Å². The minimum absolute atomic E-state index is 0.0793. The Labute approximate surface area is 164 Å². The van der Waals surface area contributed by atoms with Crippen LogP contribution in [0.25, 0.3) is 0 Å². The van der Waals surface area contributed by atoms with E-state index in [1.165, 1.54) is 6.92 Å². The van der Waals surface area contributed by atoms with Crippen LogP contribution in [0.1, 0.15) is 46.1 Å². The summed E-state index contributed by atoms with van der Waals surface area (Å²) in [6.07, 6.45) is 0.0399. The van der Waals surface area contributed by atoms with Crippen molar-refractivity contribution in [1.82, 2.24) is 4.90 Å². The van der Waals surface area contributed by atoms with E-state index in [0.717, 1.165) is 11.3 Å². The molecule has 7 nitrogen and oxygen atoms in total. The smallest absolute Gasteiger partial charge is 0.410 e. The van der Waals surface area contributed by atoms with Crippen molar-refractivity contribution in [1.29, 1.82) is 0 Å². The fourth-order valence-corrected chi connectivity index (χ4v) is 5.25. The van der Waals surface area contributed by atoms with Gasteiger partial charge in [0.25, 0.3) is 0 Å². The van der Waals surface area contributed by atoms with E-state index in [2.05, 4.69) is 5.32 Å². The predicted octanol–water partition coefficient (Wildman–Crippen LogP) is 2.84. The van der Waals surface area contributed by atoms with Gasteiger partial charge in [-0.05, 0) is 45.2 Å². The van der Waals surface area contributed by atoms with Gasteiger partial charge in [-0.3, -0.25) is 9.59 Å². The van der Waals surface area contributed by atoms with Crippen LogP contribution >= 0.6 is 0 Å². The highest BCUT2D eigenvalue weighted by molar-refractivity contribution is 5.98. The van der Waals surface area contributed by atoms with Crippen LogP contribution in [0, 0.1) is 5.92 Å². The molecule has 3 aliphatic rings. The average Bonchev–Trinajstić information content (AvgIpc) is 3.10. The Morgan fingerprint density at radius 1 is 1.25 bits per heavy atom. The van der Waals surface area contributed by atoms with E-state index >= 15 is 0 Å². The Balaban J connectivity index is 1.81. The van der Waals surface area contributed by atoms with E-state index in [0.29, 0.717) is 19.4 Å². The topological polar surface area (TPSA) is 84.9 Å². The highest BCUT2D eigenvalue weighted by atomic mass is 16.6. The highest BCUT2D eigenvalue weighted by Crippen LogP contribution is 2.58. The summed E-state index contributed by atoms with van der Waals surface area (Å²) < 4.78 is 11.2. The fourth-order valence-electron chi connectivity index (χ4n) is 5.25. The molecule has 1 aliphatic carbocycles. The van der Waals surface area contributed by atoms with Crippen LogP contribution in [-0.2, 0) is 24.5 Å². The molecular weight excluding hydrogens is 360 g/mol. The number of carbonyl (C=O) groups is 3. The van der Waals surface area contributed by atoms with Crippen molar-refractivity contribution in [2.45, 2.75) is 63.7 Å². The van der Waals surface area contributed by atoms with Crippen molar-refractivity contribution >= 4 is 23.7 Å². The van der Waals surface area contributed by atoms with Crippen molar-refractivity contribution in [3.8, 4) is 0 Å². The number of ether oxygens (including phenoxy) is 2. The van der Waals surface area contributed by atoms with Gasteiger partial charge in [0.2, 0.25) is 5.91 Å². The third kappa shape index (κ3) is 2.75. The first-order chi connectivity index (χ1) is 13.1. The Morgan fingerprint density at radius 3 is 2.64 bits per heavy atom. The Bertz CT molecular complexity index is 845. The van der Waals surface area contributed by atoms with Gasteiger partial charge in [-0.1, -0.05) is 18.2 Å². The first-order valence-corrected chi connectivity index (χ1v) is 9.71. The standard InChI is InChI=1S/C21H26N2O5/c1-12(24)27-16-11-14-18(25)22-15-8-6-5-7-13(15)21(14)9-10-23(17(16)21)19(26)28-20(2,3)4/h5-8,14,16-17H,9-11H2,1-4H3,(H,22,25)/t14-,16+,17+,21+/m1/s1. The van der Waals surface area contributed by atoms with Gasteiger partial charge in [-0.2, -0.15) is 0 Å². The van der Waals surface area contributed by atoms with E-state index in [1.807, 2.05) is 45.0 Å². The molecule has 4 atom stereocenters. The maximum atomic E-state index is 13.0. The number of benzene rings is 1. The molecule has 4 rings (SSSR count). The molecule has 28 heavy (non-hydrogen) atoms. The normalized spacial score (nSPS) is 30.8. The molecule has 0 aromatic heterocycles. The highest BCUT2D eigenvalue weighted by Gasteiger charge is 2.67. The summed E-state index contributed by atoms with van der Waals surface area (Å²) in [5, 5.41) is 2.98. The number of esters is 1. The second-order valence-electron chi connectivity index (χ2n) is 8.88. The molecule has 7 heteroatoms. The van der Waals surface area contributed by atoms with Crippen LogP contribution in [0.2, 0.25) is 0 Å². The van der Waals surface area contributed by atoms with Crippen LogP contribution in [0.3, 0.4) is 0 Å². The maximum absolute atomic E-state index is 13.0. The van der Waals surface area contributed by atoms with Gasteiger partial charge in [-0.15, -0.1) is 0 Å². The van der Waals surface area contributed by atoms with Crippen LogP contribution in [0.5, 0.6) is 0 Å². The number of hydrogen-bond donors (Lipinski definition) is 1. The lowest BCUT2D eigenvalue weighted by Crippen LogP contribution is -2.53. The summed E-state index contributed by atoms with van der Waals surface area (Å²) in [6.45, 7) is 7.27. The summed E-state index contributed by atoms with van der Waals surface area (Å²) in [5.41, 5.74) is 0.563. The van der Waals surface area contributed by atoms with Crippen LogP contribution in [0.4, 0.5) is 10.5 Å². The molecule has 1 aromatic carbocycles. The minimum atomic E-state index is -0.635. The largest absolute Gasteiger partial charge is 0.460 e. The number of hydrogen-bond acceptors (Lipinski definition) is 5. The number of nitrogens with zero attached hydrogens (tertiary/aromatic N) is 1. The van der Waals surface area contributed by atoms with Crippen LogP contribution < -0.4 is 5.32 Å². The second-order valence-corrected chi connectivity index (χ2v) is 8.88. The van der Waals surface area contributed by atoms with E-state index in [-0.39, 0.29) is 11.8 Å². The van der Waals surface area contributed by atoms with Crippen molar-refractivity contribution in [3.63, 3.8) is 0 Å². The van der Waals surface area contributed by atoms with Crippen LogP contribution in [-0.4, -0.2) is 47.2 Å². The third-order valence-electron chi connectivity index (χ3n) is 6.02. The SMILES string of the molecule is CC(=O)O[C@H]1C[C@@H]2C(=O)Nc3ccccc3[C@@]23CCN(C(=O)OC(C)(C)C)[C@@H]13. The van der Waals surface area contributed by atoms with Crippen molar-refractivity contribution in [2.24, 2.45) is 5.92 Å². The zero-order chi connectivity index (χ0) is 20.3. The molecule has 0 unspecified atom stereocenters. The molecule has 1 saturated heterocycles. The van der Waals surface area contributed by atoms with Gasteiger partial charge in [0, 0.05) is 24.6 Å². The van der Waals surface area contributed by atoms with E-state index < -0.39 is 35.2 Å². The van der Waals surface area contributed by atoms with Gasteiger partial charge in [0.05, 0.1) is 12.0 Å². The molecule has 1 N–H and O–H groups in total. The number of rotatable bonds is 1. The Hall–Kier alpha value is -2.57. The minimum Gasteiger partial charge on any atom is -0.460 e. The number of amides is 2. The van der Waals surface area contributed by atoms with E-state index in [1.54, 1.807) is 4.90 Å². The number of anilines is 1. The molecule has 2 amide bonds. The molecular formula is C21H26N2O5. The zero-order valence-corrected chi connectivity index (χ0v) is 16.7. The molecule has 1 saturated carbocycles. The van der Waals surface area contributed by atoms with Crippen LogP contribution in [0.15, 0.2) is 24.3 Å². The molecule has 2 aliphatic heterocycles. The van der Waals surface area contributed by atoms with Gasteiger partial charge in [0.1, 0.15) is 11.7 Å². The van der Waals surface area contributed by atoms with Gasteiger partial charge in [-0.25, -0.2) is 4.79 Å². The number of carbonyl (C=O) groups excluding carboxylic acids is 3. The van der Waals surface area contributed by atoms with Gasteiger partial charge < -0.3 is 19.7 Å². The second kappa shape index (κ2) is 6.22. The molecule has 1 aromatic rings. The summed E-state index contributed by atoms with van der Waals surface area (Å²) in [7, 11) is 0. The first kappa shape index (κ1) is 18.8. The van der Waals surface area contributed by atoms with E-state index in [9.17, 15) is 14.4 Å². The maximum Gasteiger partial charge on any atom is 0.410 e. The average molecular weight is 386 g/mol. The van der Waals surface area contributed by atoms with Crippen molar-refractivity contribution < 1.29 is 23.9 Å². The fraction of sp³-hybridized carbons (Fsp3) is 0.571. The summed E-state index contributed by atoms with van der Waals surface area (Å²) >= 11 is 0.